The smallest absolute Gasteiger partial charge is 0.414 e. The normalized spacial score (nSPS) is 15.6. The molecule has 3 N–H and O–H groups in total. The molecule has 0 radical (unpaired) electrons. The van der Waals surface area contributed by atoms with Gasteiger partial charge in [-0.3, -0.25) is 9.59 Å². The molecule has 1 fully saturated rings. The van der Waals surface area contributed by atoms with Crippen molar-refractivity contribution >= 4 is 35.8 Å². The number of alkyl carbamates (subject to hydrolysis) is 1. The Labute approximate surface area is 212 Å². The van der Waals surface area contributed by atoms with Gasteiger partial charge in [0.25, 0.3) is 0 Å². The van der Waals surface area contributed by atoms with Crippen LogP contribution >= 0.6 is 0 Å². The van der Waals surface area contributed by atoms with Crippen molar-refractivity contribution in [2.24, 2.45) is 0 Å². The number of likely N-dealkylation sites (tertiary alicyclic amines) is 1. The van der Waals surface area contributed by atoms with Gasteiger partial charge in [0.2, 0.25) is 5.91 Å². The maximum absolute atomic E-state index is 13.2. The lowest BCUT2D eigenvalue weighted by molar-refractivity contribution is -0.146. The van der Waals surface area contributed by atoms with E-state index in [1.165, 1.54) is 18.2 Å². The first-order valence-corrected chi connectivity index (χ1v) is 11.4. The molecule has 1 heterocycles. The Bertz CT molecular complexity index is 1020. The van der Waals surface area contributed by atoms with Crippen molar-refractivity contribution in [3.63, 3.8) is 0 Å². The lowest BCUT2D eigenvalue weighted by Gasteiger charge is -2.22. The predicted octanol–water partition coefficient (Wildman–Crippen LogP) is 2.99. The Kier molecular flexibility index (Phi) is 11.6. The summed E-state index contributed by atoms with van der Waals surface area (Å²) in [5.41, 5.74) is -0.513. The van der Waals surface area contributed by atoms with Gasteiger partial charge in [0.15, 0.2) is 5.78 Å². The van der Waals surface area contributed by atoms with Crippen molar-refractivity contribution in [1.29, 1.82) is 0 Å². The highest BCUT2D eigenvalue weighted by Gasteiger charge is 2.40. The van der Waals surface area contributed by atoms with Gasteiger partial charge in [0.05, 0.1) is 6.61 Å². The van der Waals surface area contributed by atoms with Crippen molar-refractivity contribution in [2.75, 3.05) is 6.61 Å². The molecular formula is C24H31FN2O10. The van der Waals surface area contributed by atoms with Crippen LogP contribution < -0.4 is 5.32 Å². The van der Waals surface area contributed by atoms with Gasteiger partial charge in [0, 0.05) is 18.4 Å². The number of esters is 1. The number of carboxylic acid groups (broad SMARTS) is 2. The lowest BCUT2D eigenvalue weighted by Crippen LogP contribution is -2.44. The zero-order valence-corrected chi connectivity index (χ0v) is 21.0. The molecule has 0 aliphatic carbocycles. The quantitative estimate of drug-likeness (QED) is 0.337. The van der Waals surface area contributed by atoms with E-state index in [2.05, 4.69) is 5.32 Å². The number of benzene rings is 1. The first-order chi connectivity index (χ1) is 17.2. The molecule has 0 bridgehead atoms. The van der Waals surface area contributed by atoms with Gasteiger partial charge in [-0.25, -0.2) is 28.5 Å². The molecule has 0 unspecified atom stereocenters. The number of ether oxygens (including phenoxy) is 2. The van der Waals surface area contributed by atoms with Crippen LogP contribution in [0, 0.1) is 5.82 Å². The minimum atomic E-state index is -1.50. The molecule has 1 aliphatic heterocycles. The number of halogens is 1. The summed E-state index contributed by atoms with van der Waals surface area (Å²) in [7, 11) is 0. The molecule has 2 atom stereocenters. The topological polar surface area (TPSA) is 177 Å². The number of aliphatic carboxylic acids is 1. The minimum absolute atomic E-state index is 0.0106. The Morgan fingerprint density at radius 1 is 1.19 bits per heavy atom. The molecule has 1 aromatic carbocycles. The predicted molar refractivity (Wildman–Crippen MR) is 125 cm³/mol. The maximum Gasteiger partial charge on any atom is 0.414 e. The monoisotopic (exact) mass is 526 g/mol. The Morgan fingerprint density at radius 2 is 1.84 bits per heavy atom. The number of amides is 3. The van der Waals surface area contributed by atoms with Gasteiger partial charge in [-0.05, 0) is 52.7 Å². The molecule has 0 spiro atoms. The molecule has 0 saturated carbocycles. The van der Waals surface area contributed by atoms with E-state index in [0.717, 1.165) is 6.07 Å². The van der Waals surface area contributed by atoms with Crippen molar-refractivity contribution < 1.29 is 52.8 Å². The summed E-state index contributed by atoms with van der Waals surface area (Å²) in [5, 5.41) is 19.4. The number of Topliss-reactive ketones (excluding diaryl/α,β-unsaturated/α-hetero) is 1. The number of carbonyl (C=O) groups excluding carboxylic acids is 4. The van der Waals surface area contributed by atoms with Gasteiger partial charge < -0.3 is 25.0 Å². The summed E-state index contributed by atoms with van der Waals surface area (Å²) in [6, 6.07) is 3.07. The summed E-state index contributed by atoms with van der Waals surface area (Å²) in [4.78, 5) is 67.9. The molecule has 0 aromatic heterocycles. The molecule has 204 valence electrons. The number of carboxylic acids is 1. The number of hydrogen-bond donors (Lipinski definition) is 3. The number of ketones is 1. The Hall–Kier alpha value is -4.03. The molecule has 2 rings (SSSR count). The Morgan fingerprint density at radius 3 is 2.32 bits per heavy atom. The fourth-order valence-corrected chi connectivity index (χ4v) is 3.18. The second-order valence-electron chi connectivity index (χ2n) is 8.86. The second kappa shape index (κ2) is 13.9. The fourth-order valence-electron chi connectivity index (χ4n) is 3.18. The van der Waals surface area contributed by atoms with Crippen LogP contribution in [0.2, 0.25) is 0 Å². The van der Waals surface area contributed by atoms with Gasteiger partial charge in [-0.2, -0.15) is 0 Å². The van der Waals surface area contributed by atoms with E-state index in [1.54, 1.807) is 27.7 Å². The maximum atomic E-state index is 13.2. The average molecular weight is 527 g/mol. The molecule has 12 nitrogen and oxygen atoms in total. The van der Waals surface area contributed by atoms with Crippen molar-refractivity contribution in [2.45, 2.75) is 71.1 Å². The van der Waals surface area contributed by atoms with E-state index >= 15 is 0 Å². The minimum Gasteiger partial charge on any atom is -0.480 e. The van der Waals surface area contributed by atoms with E-state index in [4.69, 9.17) is 19.7 Å². The van der Waals surface area contributed by atoms with Crippen LogP contribution in [0.5, 0.6) is 0 Å². The zero-order chi connectivity index (χ0) is 28.3. The molecule has 37 heavy (non-hydrogen) atoms. The third-order valence-corrected chi connectivity index (χ3v) is 4.77. The molecule has 13 heteroatoms. The van der Waals surface area contributed by atoms with Gasteiger partial charge >= 0.3 is 24.1 Å². The number of rotatable bonds is 8. The van der Waals surface area contributed by atoms with Crippen LogP contribution in [0.4, 0.5) is 14.0 Å². The van der Waals surface area contributed by atoms with Crippen LogP contribution in [-0.4, -0.2) is 75.2 Å². The van der Waals surface area contributed by atoms with Gasteiger partial charge in [-0.15, -0.1) is 0 Å². The van der Waals surface area contributed by atoms with Gasteiger partial charge in [0.1, 0.15) is 23.5 Å². The highest BCUT2D eigenvalue weighted by atomic mass is 19.1. The van der Waals surface area contributed by atoms with E-state index in [0.29, 0.717) is 4.90 Å². The van der Waals surface area contributed by atoms with E-state index in [9.17, 15) is 33.2 Å². The van der Waals surface area contributed by atoms with Crippen molar-refractivity contribution in [3.8, 4) is 0 Å². The number of imide groups is 1. The molecular weight excluding hydrogens is 495 g/mol. The summed E-state index contributed by atoms with van der Waals surface area (Å²) in [6.07, 6.45) is -2.24. The SMILES string of the molecule is CCOC(=O)[C@@H](CCC(=O)c1cccc(F)c1)NC(=O)OC(C)(C)C.O=C(O)[C@H]1CCC(=O)N1C(=O)O. The number of hydrogen-bond acceptors (Lipinski definition) is 8. The highest BCUT2D eigenvalue weighted by molar-refractivity contribution is 5.98. The zero-order valence-electron chi connectivity index (χ0n) is 21.0. The molecule has 3 amide bonds. The number of carbonyl (C=O) groups is 6. The number of nitrogens with zero attached hydrogens (tertiary/aromatic N) is 1. The van der Waals surface area contributed by atoms with Crippen LogP contribution in [0.25, 0.3) is 0 Å². The van der Waals surface area contributed by atoms with Crippen LogP contribution in [-0.2, 0) is 23.9 Å². The van der Waals surface area contributed by atoms with E-state index in [1.807, 2.05) is 0 Å². The average Bonchev–Trinajstić information content (AvgIpc) is 3.18. The molecule has 1 aromatic rings. The third kappa shape index (κ3) is 10.6. The summed E-state index contributed by atoms with van der Waals surface area (Å²) < 4.78 is 23.2. The third-order valence-electron chi connectivity index (χ3n) is 4.77. The first kappa shape index (κ1) is 31.0. The first-order valence-electron chi connectivity index (χ1n) is 11.4. The largest absolute Gasteiger partial charge is 0.480 e. The van der Waals surface area contributed by atoms with Gasteiger partial charge in [-0.1, -0.05) is 12.1 Å². The molecule has 1 saturated heterocycles. The lowest BCUT2D eigenvalue weighted by atomic mass is 10.0. The van der Waals surface area contributed by atoms with E-state index in [-0.39, 0.29) is 43.6 Å². The van der Waals surface area contributed by atoms with Crippen LogP contribution in [0.15, 0.2) is 24.3 Å². The highest BCUT2D eigenvalue weighted by Crippen LogP contribution is 2.18. The summed E-state index contributed by atoms with van der Waals surface area (Å²) in [6.45, 7) is 6.86. The van der Waals surface area contributed by atoms with Crippen LogP contribution in [0.1, 0.15) is 63.7 Å². The summed E-state index contributed by atoms with van der Waals surface area (Å²) in [5.74, 6) is -3.42. The second-order valence-corrected chi connectivity index (χ2v) is 8.86. The summed E-state index contributed by atoms with van der Waals surface area (Å²) >= 11 is 0. The van der Waals surface area contributed by atoms with E-state index < -0.39 is 53.5 Å². The standard InChI is InChI=1S/C18H24FNO5.C6H7NO5/c1-5-24-16(22)14(20-17(23)25-18(2,3)4)9-10-15(21)12-7-6-8-13(19)11-12;8-4-2-1-3(5(9)10)7(4)6(11)12/h6-8,11,14H,5,9-10H2,1-4H3,(H,20,23);3H,1-2H2,(H,9,10)(H,11,12)/t14-;3-/m11/s1. The van der Waals surface area contributed by atoms with Crippen LogP contribution in [0.3, 0.4) is 0 Å². The van der Waals surface area contributed by atoms with Crippen molar-refractivity contribution in [3.05, 3.63) is 35.6 Å². The Balaban J connectivity index is 0.000000474. The molecule has 1 aliphatic rings. The van der Waals surface area contributed by atoms with Crippen molar-refractivity contribution in [1.82, 2.24) is 10.2 Å². The fraction of sp³-hybridized carbons (Fsp3) is 0.500. The number of nitrogens with one attached hydrogen (secondary N) is 1.